The van der Waals surface area contributed by atoms with Crippen molar-refractivity contribution in [2.24, 2.45) is 0 Å². The molecule has 0 fully saturated rings. The molecule has 0 spiro atoms. The van der Waals surface area contributed by atoms with Gasteiger partial charge in [-0.1, -0.05) is 36.4 Å². The highest BCUT2D eigenvalue weighted by molar-refractivity contribution is 5.89. The number of ether oxygens (including phenoxy) is 2. The molecule has 34 heavy (non-hydrogen) atoms. The number of para-hydroxylation sites is 2. The van der Waals surface area contributed by atoms with E-state index in [1.54, 1.807) is 14.2 Å². The van der Waals surface area contributed by atoms with Crippen molar-refractivity contribution in [3.8, 4) is 45.1 Å². The largest absolute Gasteiger partial charge is 0.497 e. The number of hydrogen-bond acceptors (Lipinski definition) is 4. The van der Waals surface area contributed by atoms with Crippen LogP contribution in [-0.2, 0) is 12.8 Å². The quantitative estimate of drug-likeness (QED) is 0.308. The number of fused-ring (bicyclic) bond motifs is 4. The Bertz CT molecular complexity index is 1520. The number of aromatic nitrogens is 2. The number of benzene rings is 3. The maximum absolute atomic E-state index is 5.74. The molecule has 0 unspecified atom stereocenters. The Balaban J connectivity index is 1.63. The van der Waals surface area contributed by atoms with Gasteiger partial charge in [0.2, 0.25) is 0 Å². The van der Waals surface area contributed by atoms with Crippen molar-refractivity contribution in [1.29, 1.82) is 0 Å². The summed E-state index contributed by atoms with van der Waals surface area (Å²) in [5, 5.41) is 1.13. The number of rotatable bonds is 4. The lowest BCUT2D eigenvalue weighted by Gasteiger charge is -2.24. The number of pyridine rings is 2. The van der Waals surface area contributed by atoms with E-state index in [1.165, 1.54) is 5.56 Å². The van der Waals surface area contributed by atoms with Crippen molar-refractivity contribution >= 4 is 10.9 Å². The smallest absolute Gasteiger partial charge is 0.126 e. The van der Waals surface area contributed by atoms with Crippen LogP contribution in [0.1, 0.15) is 11.3 Å². The molecule has 3 aromatic carbocycles. The molecule has 1 aliphatic rings. The van der Waals surface area contributed by atoms with Gasteiger partial charge in [0.25, 0.3) is 0 Å². The Labute approximate surface area is 198 Å². The van der Waals surface area contributed by atoms with Crippen LogP contribution >= 0.6 is 0 Å². The van der Waals surface area contributed by atoms with E-state index >= 15 is 0 Å². The van der Waals surface area contributed by atoms with E-state index in [9.17, 15) is 0 Å². The van der Waals surface area contributed by atoms with Gasteiger partial charge < -0.3 is 9.47 Å². The second-order valence-corrected chi connectivity index (χ2v) is 8.49. The molecule has 0 radical (unpaired) electrons. The van der Waals surface area contributed by atoms with Gasteiger partial charge >= 0.3 is 0 Å². The van der Waals surface area contributed by atoms with Gasteiger partial charge in [0, 0.05) is 22.1 Å². The summed E-state index contributed by atoms with van der Waals surface area (Å²) in [6, 6.07) is 29.0. The predicted molar refractivity (Wildman–Crippen MR) is 136 cm³/mol. The van der Waals surface area contributed by atoms with Crippen LogP contribution in [-0.4, -0.2) is 24.2 Å². The normalized spacial score (nSPS) is 12.2. The molecule has 0 saturated carbocycles. The van der Waals surface area contributed by atoms with Crippen LogP contribution in [0, 0.1) is 0 Å². The summed E-state index contributed by atoms with van der Waals surface area (Å²) >= 11 is 0. The number of methoxy groups -OCH3 is 2. The molecule has 0 saturated heterocycles. The molecule has 5 aromatic rings. The van der Waals surface area contributed by atoms with E-state index < -0.39 is 0 Å². The van der Waals surface area contributed by atoms with Gasteiger partial charge in [-0.05, 0) is 72.5 Å². The molecule has 4 nitrogen and oxygen atoms in total. The second kappa shape index (κ2) is 8.31. The summed E-state index contributed by atoms with van der Waals surface area (Å²) in [6.45, 7) is 0. The van der Waals surface area contributed by atoms with E-state index in [-0.39, 0.29) is 0 Å². The van der Waals surface area contributed by atoms with Crippen LogP contribution in [0.3, 0.4) is 0 Å². The minimum Gasteiger partial charge on any atom is -0.497 e. The monoisotopic (exact) mass is 444 g/mol. The molecular formula is C30H24N2O2. The molecule has 0 amide bonds. The summed E-state index contributed by atoms with van der Waals surface area (Å²) in [7, 11) is 3.41. The third kappa shape index (κ3) is 3.39. The lowest BCUT2D eigenvalue weighted by molar-refractivity contribution is 0.415. The van der Waals surface area contributed by atoms with E-state index in [4.69, 9.17) is 19.4 Å². The van der Waals surface area contributed by atoms with Crippen LogP contribution in [0.4, 0.5) is 0 Å². The fourth-order valence-electron chi connectivity index (χ4n) is 4.86. The fourth-order valence-corrected chi connectivity index (χ4v) is 4.86. The predicted octanol–water partition coefficient (Wildman–Crippen LogP) is 6.75. The van der Waals surface area contributed by atoms with Gasteiger partial charge in [-0.2, -0.15) is 0 Å². The Morgan fingerprint density at radius 2 is 1.47 bits per heavy atom. The fraction of sp³-hybridized carbons (Fsp3) is 0.133. The molecule has 2 aromatic heterocycles. The summed E-state index contributed by atoms with van der Waals surface area (Å²) < 4.78 is 11.1. The SMILES string of the molecule is COc1ccc(-c2cc(-c3ccccc3OC)c3c(n2)-c2cc4ccccc4nc2CC3)cc1. The zero-order valence-corrected chi connectivity index (χ0v) is 19.2. The van der Waals surface area contributed by atoms with Crippen LogP contribution in [0.15, 0.2) is 84.9 Å². The Hall–Kier alpha value is -4.18. The Kier molecular flexibility index (Phi) is 4.99. The molecule has 0 bridgehead atoms. The molecule has 0 N–H and O–H groups in total. The number of aryl methyl sites for hydroxylation is 1. The molecule has 4 heteroatoms. The standard InChI is InChI=1S/C30H24N2O2/c1-33-21-13-11-19(12-14-21)28-18-24(22-8-4-6-10-29(22)34-2)23-15-16-27-25(30(23)32-28)17-20-7-3-5-9-26(20)31-27/h3-14,17-18H,15-16H2,1-2H3. The first-order valence-corrected chi connectivity index (χ1v) is 11.5. The Morgan fingerprint density at radius 3 is 2.29 bits per heavy atom. The molecular weight excluding hydrogens is 420 g/mol. The highest BCUT2D eigenvalue weighted by Gasteiger charge is 2.25. The molecule has 166 valence electrons. The van der Waals surface area contributed by atoms with Gasteiger partial charge in [-0.3, -0.25) is 4.98 Å². The first kappa shape index (κ1) is 20.4. The summed E-state index contributed by atoms with van der Waals surface area (Å²) in [5.41, 5.74) is 9.70. The second-order valence-electron chi connectivity index (χ2n) is 8.49. The van der Waals surface area contributed by atoms with Crippen LogP contribution in [0.25, 0.3) is 44.5 Å². The summed E-state index contributed by atoms with van der Waals surface area (Å²) in [5.74, 6) is 1.69. The van der Waals surface area contributed by atoms with Crippen molar-refractivity contribution in [2.45, 2.75) is 12.8 Å². The van der Waals surface area contributed by atoms with E-state index in [0.29, 0.717) is 0 Å². The van der Waals surface area contributed by atoms with Crippen molar-refractivity contribution in [2.75, 3.05) is 14.2 Å². The van der Waals surface area contributed by atoms with Gasteiger partial charge in [0.15, 0.2) is 0 Å². The average Bonchev–Trinajstić information content (AvgIpc) is 2.91. The number of hydrogen-bond donors (Lipinski definition) is 0. The highest BCUT2D eigenvalue weighted by atomic mass is 16.5. The Morgan fingerprint density at radius 1 is 0.676 bits per heavy atom. The first-order valence-electron chi connectivity index (χ1n) is 11.5. The van der Waals surface area contributed by atoms with Crippen molar-refractivity contribution in [3.63, 3.8) is 0 Å². The van der Waals surface area contributed by atoms with Crippen molar-refractivity contribution in [3.05, 3.63) is 96.2 Å². The first-order chi connectivity index (χ1) is 16.7. The van der Waals surface area contributed by atoms with E-state index in [0.717, 1.165) is 74.6 Å². The molecule has 1 aliphatic carbocycles. The summed E-state index contributed by atoms with van der Waals surface area (Å²) in [4.78, 5) is 10.2. The lowest BCUT2D eigenvalue weighted by atomic mass is 9.85. The molecule has 6 rings (SSSR count). The highest BCUT2D eigenvalue weighted by Crippen LogP contribution is 2.42. The third-order valence-electron chi connectivity index (χ3n) is 6.58. The van der Waals surface area contributed by atoms with Gasteiger partial charge in [-0.25, -0.2) is 4.98 Å². The molecule has 2 heterocycles. The van der Waals surface area contributed by atoms with Crippen LogP contribution < -0.4 is 9.47 Å². The average molecular weight is 445 g/mol. The van der Waals surface area contributed by atoms with E-state index in [1.807, 2.05) is 30.3 Å². The molecule has 0 aliphatic heterocycles. The third-order valence-corrected chi connectivity index (χ3v) is 6.58. The summed E-state index contributed by atoms with van der Waals surface area (Å²) in [6.07, 6.45) is 1.77. The van der Waals surface area contributed by atoms with Crippen molar-refractivity contribution in [1.82, 2.24) is 9.97 Å². The lowest BCUT2D eigenvalue weighted by Crippen LogP contribution is -2.10. The zero-order chi connectivity index (χ0) is 23.1. The van der Waals surface area contributed by atoms with Crippen LogP contribution in [0.2, 0.25) is 0 Å². The van der Waals surface area contributed by atoms with Crippen LogP contribution in [0.5, 0.6) is 11.5 Å². The van der Waals surface area contributed by atoms with E-state index in [2.05, 4.69) is 54.6 Å². The maximum atomic E-state index is 5.74. The van der Waals surface area contributed by atoms with Crippen molar-refractivity contribution < 1.29 is 9.47 Å². The topological polar surface area (TPSA) is 44.2 Å². The number of nitrogens with zero attached hydrogens (tertiary/aromatic N) is 2. The zero-order valence-electron chi connectivity index (χ0n) is 19.2. The maximum Gasteiger partial charge on any atom is 0.126 e. The minimum absolute atomic E-state index is 0.827. The van der Waals surface area contributed by atoms with Gasteiger partial charge in [-0.15, -0.1) is 0 Å². The minimum atomic E-state index is 0.827. The molecule has 0 atom stereocenters. The van der Waals surface area contributed by atoms with Gasteiger partial charge in [0.05, 0.1) is 36.8 Å². The van der Waals surface area contributed by atoms with Gasteiger partial charge in [0.1, 0.15) is 11.5 Å².